The van der Waals surface area contributed by atoms with Crippen LogP contribution in [0.4, 0.5) is 4.39 Å². The highest BCUT2D eigenvalue weighted by molar-refractivity contribution is 9.10. The Hall–Kier alpha value is -1.68. The van der Waals surface area contributed by atoms with E-state index in [1.54, 1.807) is 24.3 Å². The molecule has 0 amide bonds. The summed E-state index contributed by atoms with van der Waals surface area (Å²) in [5.41, 5.74) is 1.40. The highest BCUT2D eigenvalue weighted by atomic mass is 79.9. The Kier molecular flexibility index (Phi) is 3.11. The van der Waals surface area contributed by atoms with Crippen molar-refractivity contribution in [2.75, 3.05) is 0 Å². The number of hydrogen-bond acceptors (Lipinski definition) is 2. The first kappa shape index (κ1) is 12.4. The minimum atomic E-state index is -0.352. The van der Waals surface area contributed by atoms with Gasteiger partial charge in [0.15, 0.2) is 5.78 Å². The number of carbonyl (C=O) groups excluding carboxylic acids is 1. The first-order valence-electron chi connectivity index (χ1n) is 5.88. The molecule has 3 rings (SSSR count). The largest absolute Gasteiger partial charge is 0.484 e. The minimum Gasteiger partial charge on any atom is -0.484 e. The predicted molar refractivity (Wildman–Crippen MR) is 72.9 cm³/mol. The predicted octanol–water partition coefficient (Wildman–Crippen LogP) is 4.29. The molecule has 19 heavy (non-hydrogen) atoms. The monoisotopic (exact) mass is 320 g/mol. The van der Waals surface area contributed by atoms with Gasteiger partial charge in [0.05, 0.1) is 12.0 Å². The third kappa shape index (κ3) is 2.40. The minimum absolute atomic E-state index is 0.0445. The molecule has 0 saturated heterocycles. The third-order valence-corrected chi connectivity index (χ3v) is 3.62. The lowest BCUT2D eigenvalue weighted by molar-refractivity contribution is 0.0850. The van der Waals surface area contributed by atoms with E-state index in [4.69, 9.17) is 4.74 Å². The Bertz CT molecular complexity index is 637. The van der Waals surface area contributed by atoms with E-state index in [0.717, 1.165) is 10.0 Å². The van der Waals surface area contributed by atoms with Crippen molar-refractivity contribution in [3.63, 3.8) is 0 Å². The molecule has 2 aromatic rings. The van der Waals surface area contributed by atoms with Crippen LogP contribution >= 0.6 is 15.9 Å². The Morgan fingerprint density at radius 2 is 1.89 bits per heavy atom. The van der Waals surface area contributed by atoms with E-state index in [-0.39, 0.29) is 24.1 Å². The van der Waals surface area contributed by atoms with Crippen LogP contribution in [0, 0.1) is 5.82 Å². The number of fused-ring (bicyclic) bond motifs is 1. The van der Waals surface area contributed by atoms with E-state index in [1.807, 2.05) is 6.07 Å². The molecular weight excluding hydrogens is 311 g/mol. The molecule has 4 heteroatoms. The topological polar surface area (TPSA) is 26.3 Å². The lowest BCUT2D eigenvalue weighted by Crippen LogP contribution is -2.20. The maximum atomic E-state index is 12.9. The summed E-state index contributed by atoms with van der Waals surface area (Å²) in [6.45, 7) is 0. The number of ether oxygens (including phenoxy) is 1. The van der Waals surface area contributed by atoms with E-state index in [0.29, 0.717) is 11.3 Å². The number of Topliss-reactive ketones (excluding diaryl/α,β-unsaturated/α-hetero) is 1. The normalized spacial score (nSPS) is 17.8. The molecule has 1 aliphatic rings. The van der Waals surface area contributed by atoms with Crippen LogP contribution in [-0.2, 0) is 0 Å². The molecule has 1 atom stereocenters. The fourth-order valence-electron chi connectivity index (χ4n) is 2.16. The molecule has 1 aliphatic heterocycles. The number of hydrogen-bond donors (Lipinski definition) is 0. The Labute approximate surface area is 118 Å². The summed E-state index contributed by atoms with van der Waals surface area (Å²) in [6.07, 6.45) is -0.0739. The average Bonchev–Trinajstić information content (AvgIpc) is 2.38. The van der Waals surface area contributed by atoms with Crippen LogP contribution in [0.5, 0.6) is 5.75 Å². The summed E-state index contributed by atoms with van der Waals surface area (Å²) >= 11 is 3.36. The van der Waals surface area contributed by atoms with Gasteiger partial charge in [-0.25, -0.2) is 4.39 Å². The smallest absolute Gasteiger partial charge is 0.170 e. The number of carbonyl (C=O) groups is 1. The Morgan fingerprint density at radius 3 is 2.63 bits per heavy atom. The SMILES string of the molecule is O=C1CC(c2ccc(F)cc2)Oc2cc(Br)ccc21. The van der Waals surface area contributed by atoms with Crippen LogP contribution in [0.25, 0.3) is 0 Å². The van der Waals surface area contributed by atoms with Gasteiger partial charge in [-0.05, 0) is 35.9 Å². The molecule has 0 saturated carbocycles. The lowest BCUT2D eigenvalue weighted by atomic mass is 9.96. The second kappa shape index (κ2) is 4.78. The van der Waals surface area contributed by atoms with E-state index in [9.17, 15) is 9.18 Å². The third-order valence-electron chi connectivity index (χ3n) is 3.13. The Morgan fingerprint density at radius 1 is 1.16 bits per heavy atom. The molecule has 0 aliphatic carbocycles. The van der Waals surface area contributed by atoms with Crippen LogP contribution in [0.1, 0.15) is 28.4 Å². The zero-order valence-electron chi connectivity index (χ0n) is 9.90. The van der Waals surface area contributed by atoms with Crippen LogP contribution in [-0.4, -0.2) is 5.78 Å². The summed E-state index contributed by atoms with van der Waals surface area (Å²) < 4.78 is 19.6. The maximum absolute atomic E-state index is 12.9. The molecule has 96 valence electrons. The zero-order chi connectivity index (χ0) is 13.4. The molecule has 0 aromatic heterocycles. The van der Waals surface area contributed by atoms with Gasteiger partial charge in [-0.15, -0.1) is 0 Å². The lowest BCUT2D eigenvalue weighted by Gasteiger charge is -2.25. The van der Waals surface area contributed by atoms with Crippen LogP contribution < -0.4 is 4.74 Å². The summed E-state index contributed by atoms with van der Waals surface area (Å²) in [5, 5.41) is 0. The van der Waals surface area contributed by atoms with Gasteiger partial charge in [0.25, 0.3) is 0 Å². The first-order chi connectivity index (χ1) is 9.13. The van der Waals surface area contributed by atoms with E-state index in [2.05, 4.69) is 15.9 Å². The summed E-state index contributed by atoms with van der Waals surface area (Å²) in [4.78, 5) is 12.1. The van der Waals surface area contributed by atoms with Crippen molar-refractivity contribution in [2.45, 2.75) is 12.5 Å². The zero-order valence-corrected chi connectivity index (χ0v) is 11.5. The van der Waals surface area contributed by atoms with Gasteiger partial charge in [0.1, 0.15) is 17.7 Å². The average molecular weight is 321 g/mol. The second-order valence-corrected chi connectivity index (χ2v) is 5.34. The highest BCUT2D eigenvalue weighted by Gasteiger charge is 2.27. The summed E-state index contributed by atoms with van der Waals surface area (Å²) in [5.74, 6) is 0.317. The van der Waals surface area contributed by atoms with Crippen molar-refractivity contribution in [1.82, 2.24) is 0 Å². The van der Waals surface area contributed by atoms with E-state index < -0.39 is 0 Å². The van der Waals surface area contributed by atoms with E-state index in [1.165, 1.54) is 12.1 Å². The Balaban J connectivity index is 1.96. The van der Waals surface area contributed by atoms with Gasteiger partial charge in [-0.2, -0.15) is 0 Å². The van der Waals surface area contributed by atoms with Crippen molar-refractivity contribution >= 4 is 21.7 Å². The quantitative estimate of drug-likeness (QED) is 0.783. The number of ketones is 1. The van der Waals surface area contributed by atoms with Crippen LogP contribution in [0.2, 0.25) is 0 Å². The van der Waals surface area contributed by atoms with Crippen molar-refractivity contribution in [1.29, 1.82) is 0 Å². The fourth-order valence-corrected chi connectivity index (χ4v) is 2.50. The number of rotatable bonds is 1. The fraction of sp³-hybridized carbons (Fsp3) is 0.133. The van der Waals surface area contributed by atoms with Crippen molar-refractivity contribution in [2.24, 2.45) is 0 Å². The molecule has 2 aromatic carbocycles. The van der Waals surface area contributed by atoms with Crippen molar-refractivity contribution < 1.29 is 13.9 Å². The summed E-state index contributed by atoms with van der Waals surface area (Å²) in [6, 6.07) is 11.4. The number of benzene rings is 2. The van der Waals surface area contributed by atoms with Crippen molar-refractivity contribution in [3.05, 3.63) is 63.9 Å². The molecule has 1 unspecified atom stereocenters. The molecule has 0 radical (unpaired) electrons. The van der Waals surface area contributed by atoms with Gasteiger partial charge in [0.2, 0.25) is 0 Å². The molecular formula is C15H10BrFO2. The van der Waals surface area contributed by atoms with Gasteiger partial charge in [-0.1, -0.05) is 28.1 Å². The van der Waals surface area contributed by atoms with Crippen molar-refractivity contribution in [3.8, 4) is 5.75 Å². The maximum Gasteiger partial charge on any atom is 0.170 e. The summed E-state index contributed by atoms with van der Waals surface area (Å²) in [7, 11) is 0. The van der Waals surface area contributed by atoms with Crippen LogP contribution in [0.3, 0.4) is 0 Å². The van der Waals surface area contributed by atoms with Crippen LogP contribution in [0.15, 0.2) is 46.9 Å². The number of halogens is 2. The van der Waals surface area contributed by atoms with Gasteiger partial charge in [0, 0.05) is 4.47 Å². The van der Waals surface area contributed by atoms with Gasteiger partial charge in [-0.3, -0.25) is 4.79 Å². The second-order valence-electron chi connectivity index (χ2n) is 4.43. The molecule has 1 heterocycles. The molecule has 0 fully saturated rings. The first-order valence-corrected chi connectivity index (χ1v) is 6.67. The molecule has 0 bridgehead atoms. The molecule has 2 nitrogen and oxygen atoms in total. The highest BCUT2D eigenvalue weighted by Crippen LogP contribution is 2.36. The van der Waals surface area contributed by atoms with Gasteiger partial charge >= 0.3 is 0 Å². The van der Waals surface area contributed by atoms with Gasteiger partial charge < -0.3 is 4.74 Å². The standard InChI is InChI=1S/C15H10BrFO2/c16-10-3-6-12-13(18)8-14(19-15(12)7-10)9-1-4-11(17)5-2-9/h1-7,14H,8H2. The van der Waals surface area contributed by atoms with E-state index >= 15 is 0 Å². The molecule has 0 spiro atoms. The molecule has 0 N–H and O–H groups in total.